The number of nitrogens with zero attached hydrogens (tertiary/aromatic N) is 3. The topological polar surface area (TPSA) is 67.3 Å². The van der Waals surface area contributed by atoms with E-state index in [2.05, 4.69) is 15.3 Å². The van der Waals surface area contributed by atoms with Crippen molar-refractivity contribution in [3.05, 3.63) is 40.0 Å². The molecule has 0 saturated carbocycles. The monoisotopic (exact) mass is 346 g/mol. The summed E-state index contributed by atoms with van der Waals surface area (Å²) < 4.78 is 5.07. The Kier molecular flexibility index (Phi) is 5.77. The second kappa shape index (κ2) is 8.21. The Labute approximate surface area is 145 Å². The average Bonchev–Trinajstić information content (AvgIpc) is 2.99. The van der Waals surface area contributed by atoms with Gasteiger partial charge in [-0.25, -0.2) is 9.97 Å². The molecular weight excluding hydrogens is 324 g/mol. The summed E-state index contributed by atoms with van der Waals surface area (Å²) in [6.07, 6.45) is 3.62. The van der Waals surface area contributed by atoms with Crippen LogP contribution in [0.4, 0.5) is 5.82 Å². The van der Waals surface area contributed by atoms with E-state index in [0.29, 0.717) is 32.7 Å². The van der Waals surface area contributed by atoms with Crippen molar-refractivity contribution in [1.29, 1.82) is 0 Å². The Morgan fingerprint density at radius 1 is 1.38 bits per heavy atom. The Morgan fingerprint density at radius 3 is 3.04 bits per heavy atom. The summed E-state index contributed by atoms with van der Waals surface area (Å²) >= 11 is 1.63. The molecule has 0 radical (unpaired) electrons. The van der Waals surface area contributed by atoms with Crippen LogP contribution in [0.3, 0.4) is 0 Å². The number of hydrogen-bond donors (Lipinski definition) is 1. The molecule has 3 rings (SSSR count). The number of nitrogens with one attached hydrogen (secondary N) is 1. The molecule has 0 unspecified atom stereocenters. The SMILES string of the molecule is COCCNc1ncnc2c1CCN(C(=O)Cc1ccsc1)CC2. The number of aromatic nitrogens is 2. The second-order valence-electron chi connectivity index (χ2n) is 5.76. The van der Waals surface area contributed by atoms with Gasteiger partial charge in [0.05, 0.1) is 18.7 Å². The summed E-state index contributed by atoms with van der Waals surface area (Å²) in [6.45, 7) is 2.76. The Morgan fingerprint density at radius 2 is 2.25 bits per heavy atom. The van der Waals surface area contributed by atoms with E-state index in [-0.39, 0.29) is 5.91 Å². The van der Waals surface area contributed by atoms with E-state index in [4.69, 9.17) is 4.74 Å². The molecular formula is C17H22N4O2S. The molecule has 1 aliphatic heterocycles. The predicted molar refractivity (Wildman–Crippen MR) is 94.4 cm³/mol. The second-order valence-corrected chi connectivity index (χ2v) is 6.54. The molecule has 0 aliphatic carbocycles. The van der Waals surface area contributed by atoms with Crippen LogP contribution in [0.25, 0.3) is 0 Å². The zero-order valence-electron chi connectivity index (χ0n) is 13.8. The molecule has 24 heavy (non-hydrogen) atoms. The van der Waals surface area contributed by atoms with Crippen LogP contribution >= 0.6 is 11.3 Å². The maximum absolute atomic E-state index is 12.5. The van der Waals surface area contributed by atoms with Crippen molar-refractivity contribution in [2.24, 2.45) is 0 Å². The van der Waals surface area contributed by atoms with Gasteiger partial charge in [-0.2, -0.15) is 11.3 Å². The molecule has 0 aromatic carbocycles. The number of carbonyl (C=O) groups excluding carboxylic acids is 1. The molecule has 1 N–H and O–H groups in total. The molecule has 3 heterocycles. The largest absolute Gasteiger partial charge is 0.383 e. The predicted octanol–water partition coefficient (Wildman–Crippen LogP) is 1.77. The third-order valence-corrected chi connectivity index (χ3v) is 4.90. The van der Waals surface area contributed by atoms with Crippen molar-refractivity contribution >= 4 is 23.1 Å². The zero-order valence-corrected chi connectivity index (χ0v) is 14.6. The Balaban J connectivity index is 1.65. The third-order valence-electron chi connectivity index (χ3n) is 4.17. The normalized spacial score (nSPS) is 14.1. The van der Waals surface area contributed by atoms with Crippen LogP contribution in [-0.2, 0) is 28.8 Å². The van der Waals surface area contributed by atoms with Gasteiger partial charge >= 0.3 is 0 Å². The summed E-state index contributed by atoms with van der Waals surface area (Å²) in [5.74, 6) is 1.05. The number of carbonyl (C=O) groups is 1. The van der Waals surface area contributed by atoms with E-state index in [9.17, 15) is 4.79 Å². The van der Waals surface area contributed by atoms with E-state index in [1.807, 2.05) is 21.7 Å². The smallest absolute Gasteiger partial charge is 0.227 e. The number of ether oxygens (including phenoxy) is 1. The fraction of sp³-hybridized carbons (Fsp3) is 0.471. The van der Waals surface area contributed by atoms with Crippen LogP contribution < -0.4 is 5.32 Å². The van der Waals surface area contributed by atoms with Crippen molar-refractivity contribution in [2.75, 3.05) is 38.7 Å². The first-order valence-electron chi connectivity index (χ1n) is 8.12. The van der Waals surface area contributed by atoms with Crippen LogP contribution in [0.5, 0.6) is 0 Å². The van der Waals surface area contributed by atoms with Crippen molar-refractivity contribution in [2.45, 2.75) is 19.3 Å². The first kappa shape index (κ1) is 16.9. The van der Waals surface area contributed by atoms with Gasteiger partial charge in [-0.3, -0.25) is 4.79 Å². The summed E-state index contributed by atoms with van der Waals surface area (Å²) in [4.78, 5) is 23.2. The van der Waals surface area contributed by atoms with E-state index in [1.165, 1.54) is 0 Å². The lowest BCUT2D eigenvalue weighted by Gasteiger charge is -2.20. The molecule has 0 fully saturated rings. The van der Waals surface area contributed by atoms with E-state index >= 15 is 0 Å². The van der Waals surface area contributed by atoms with Crippen molar-refractivity contribution in [3.8, 4) is 0 Å². The van der Waals surface area contributed by atoms with Crippen molar-refractivity contribution < 1.29 is 9.53 Å². The van der Waals surface area contributed by atoms with Crippen LogP contribution in [-0.4, -0.2) is 54.1 Å². The lowest BCUT2D eigenvalue weighted by atomic mass is 10.1. The minimum absolute atomic E-state index is 0.183. The fourth-order valence-electron chi connectivity index (χ4n) is 2.88. The van der Waals surface area contributed by atoms with Gasteiger partial charge in [-0.05, 0) is 28.8 Å². The maximum atomic E-state index is 12.5. The van der Waals surface area contributed by atoms with Crippen molar-refractivity contribution in [3.63, 3.8) is 0 Å². The molecule has 2 aromatic rings. The Hall–Kier alpha value is -1.99. The number of fused-ring (bicyclic) bond motifs is 1. The molecule has 0 saturated heterocycles. The van der Waals surface area contributed by atoms with Gasteiger partial charge in [0, 0.05) is 38.7 Å². The van der Waals surface area contributed by atoms with Crippen LogP contribution in [0.1, 0.15) is 16.8 Å². The van der Waals surface area contributed by atoms with Gasteiger partial charge in [0.15, 0.2) is 0 Å². The van der Waals surface area contributed by atoms with Gasteiger partial charge in [0.1, 0.15) is 12.1 Å². The number of methoxy groups -OCH3 is 1. The molecule has 0 bridgehead atoms. The quantitative estimate of drug-likeness (QED) is 0.808. The van der Waals surface area contributed by atoms with Gasteiger partial charge < -0.3 is 15.0 Å². The van der Waals surface area contributed by atoms with Crippen LogP contribution in [0.15, 0.2) is 23.2 Å². The fourth-order valence-corrected chi connectivity index (χ4v) is 3.55. The standard InChI is InChI=1S/C17H22N4O2S/c1-23-8-5-18-17-14-2-6-21(7-3-15(14)19-12-20-17)16(22)10-13-4-9-24-11-13/h4,9,11-12H,2-3,5-8,10H2,1H3,(H,18,19,20). The van der Waals surface area contributed by atoms with E-state index < -0.39 is 0 Å². The summed E-state index contributed by atoms with van der Waals surface area (Å²) in [7, 11) is 1.68. The third kappa shape index (κ3) is 4.10. The molecule has 0 atom stereocenters. The maximum Gasteiger partial charge on any atom is 0.227 e. The molecule has 128 valence electrons. The lowest BCUT2D eigenvalue weighted by Crippen LogP contribution is -2.34. The minimum atomic E-state index is 0.183. The first-order valence-corrected chi connectivity index (χ1v) is 9.06. The van der Waals surface area contributed by atoms with Gasteiger partial charge in [0.2, 0.25) is 5.91 Å². The molecule has 2 aromatic heterocycles. The van der Waals surface area contributed by atoms with Crippen molar-refractivity contribution in [1.82, 2.24) is 14.9 Å². The minimum Gasteiger partial charge on any atom is -0.383 e. The highest BCUT2D eigenvalue weighted by Crippen LogP contribution is 2.21. The van der Waals surface area contributed by atoms with Crippen LogP contribution in [0, 0.1) is 0 Å². The number of thiophene rings is 1. The van der Waals surface area contributed by atoms with Gasteiger partial charge in [-0.15, -0.1) is 0 Å². The molecule has 1 aliphatic rings. The van der Waals surface area contributed by atoms with Crippen LogP contribution in [0.2, 0.25) is 0 Å². The molecule has 6 nitrogen and oxygen atoms in total. The number of hydrogen-bond acceptors (Lipinski definition) is 6. The zero-order chi connectivity index (χ0) is 16.8. The highest BCUT2D eigenvalue weighted by Gasteiger charge is 2.21. The number of anilines is 1. The molecule has 7 heteroatoms. The number of amides is 1. The molecule has 1 amide bonds. The van der Waals surface area contributed by atoms with E-state index in [1.54, 1.807) is 24.8 Å². The summed E-state index contributed by atoms with van der Waals surface area (Å²) in [5, 5.41) is 7.35. The molecule has 0 spiro atoms. The number of rotatable bonds is 6. The summed E-state index contributed by atoms with van der Waals surface area (Å²) in [6, 6.07) is 2.01. The summed E-state index contributed by atoms with van der Waals surface area (Å²) in [5.41, 5.74) is 3.25. The average molecular weight is 346 g/mol. The van der Waals surface area contributed by atoms with Gasteiger partial charge in [0.25, 0.3) is 0 Å². The highest BCUT2D eigenvalue weighted by atomic mass is 32.1. The first-order chi connectivity index (χ1) is 11.8. The Bertz CT molecular complexity index is 675. The lowest BCUT2D eigenvalue weighted by molar-refractivity contribution is -0.130. The highest BCUT2D eigenvalue weighted by molar-refractivity contribution is 7.08. The van der Waals surface area contributed by atoms with E-state index in [0.717, 1.165) is 35.5 Å². The van der Waals surface area contributed by atoms with Gasteiger partial charge in [-0.1, -0.05) is 0 Å².